The number of thiophene rings is 1. The molecule has 2 fully saturated rings. The monoisotopic (exact) mass is 390 g/mol. The number of carbonyl (C=O) groups excluding carboxylic acids is 1. The molecule has 0 unspecified atom stereocenters. The highest BCUT2D eigenvalue weighted by Gasteiger charge is 2.28. The zero-order valence-electron chi connectivity index (χ0n) is 15.9. The van der Waals surface area contributed by atoms with Crippen molar-refractivity contribution in [2.75, 3.05) is 24.6 Å². The molecule has 1 N–H and O–H groups in total. The van der Waals surface area contributed by atoms with Gasteiger partial charge in [0.15, 0.2) is 6.29 Å². The van der Waals surface area contributed by atoms with Gasteiger partial charge in [0.2, 0.25) is 5.91 Å². The topological polar surface area (TPSA) is 76.6 Å². The quantitative estimate of drug-likeness (QED) is 0.809. The minimum absolute atomic E-state index is 0.0347. The number of nitrogens with zero attached hydrogens (tertiary/aromatic N) is 3. The van der Waals surface area contributed by atoms with Crippen LogP contribution < -0.4 is 10.4 Å². The van der Waals surface area contributed by atoms with Crippen LogP contribution >= 0.6 is 11.3 Å². The van der Waals surface area contributed by atoms with Crippen LogP contribution in [-0.4, -0.2) is 41.9 Å². The molecule has 0 radical (unpaired) electrons. The van der Waals surface area contributed by atoms with Gasteiger partial charge in [-0.15, -0.1) is 11.3 Å². The van der Waals surface area contributed by atoms with Gasteiger partial charge < -0.3 is 9.64 Å². The van der Waals surface area contributed by atoms with Crippen LogP contribution in [0.4, 0.5) is 5.82 Å². The summed E-state index contributed by atoms with van der Waals surface area (Å²) in [4.78, 5) is 31.4. The Morgan fingerprint density at radius 1 is 1.26 bits per heavy atom. The van der Waals surface area contributed by atoms with Crippen molar-refractivity contribution in [3.8, 4) is 0 Å². The van der Waals surface area contributed by atoms with Crippen molar-refractivity contribution >= 4 is 33.3 Å². The second-order valence-corrected chi connectivity index (χ2v) is 8.51. The predicted octanol–water partition coefficient (Wildman–Crippen LogP) is 3.10. The lowest BCUT2D eigenvalue weighted by Gasteiger charge is -2.32. The van der Waals surface area contributed by atoms with E-state index in [2.05, 4.69) is 34.2 Å². The van der Waals surface area contributed by atoms with Crippen molar-refractivity contribution < 1.29 is 14.4 Å². The summed E-state index contributed by atoms with van der Waals surface area (Å²) in [5.41, 5.74) is 3.87. The first kappa shape index (κ1) is 18.6. The third-order valence-corrected chi connectivity index (χ3v) is 6.65. The molecular weight excluding hydrogens is 364 g/mol. The summed E-state index contributed by atoms with van der Waals surface area (Å²) in [5, 5.41) is 1.15. The Bertz CT molecular complexity index is 811. The number of carbonyl (C=O) groups is 1. The molecule has 0 bridgehead atoms. The molecule has 1 amide bonds. The zero-order chi connectivity index (χ0) is 18.8. The second-order valence-electron chi connectivity index (χ2n) is 7.30. The summed E-state index contributed by atoms with van der Waals surface area (Å²) in [5.74, 6) is 0.916. The smallest absolute Gasteiger partial charge is 0.246 e. The number of rotatable bonds is 4. The molecule has 7 nitrogen and oxygen atoms in total. The van der Waals surface area contributed by atoms with Crippen LogP contribution in [0, 0.1) is 19.8 Å². The molecule has 0 spiro atoms. The average molecular weight is 391 g/mol. The van der Waals surface area contributed by atoms with Gasteiger partial charge in [-0.05, 0) is 45.1 Å². The van der Waals surface area contributed by atoms with Crippen LogP contribution in [0.5, 0.6) is 0 Å². The number of aryl methyl sites for hydroxylation is 2. The number of ether oxygens (including phenoxy) is 1. The molecule has 4 heterocycles. The standard InChI is InChI=1S/C19H26N4O3S/c1-12-13(2)27-19-16(12)17(20-11-21-19)23-8-6-14(7-9-23)18(24)22-26-15-5-3-4-10-25-15/h11,14-15H,3-10H2,1-2H3,(H,22,24)/t15-/m0/s1. The van der Waals surface area contributed by atoms with E-state index in [0.29, 0.717) is 6.61 Å². The maximum atomic E-state index is 12.4. The number of hydrogen-bond acceptors (Lipinski definition) is 7. The Balaban J connectivity index is 1.35. The van der Waals surface area contributed by atoms with Crippen molar-refractivity contribution in [1.29, 1.82) is 0 Å². The fourth-order valence-corrected chi connectivity index (χ4v) is 4.76. The Morgan fingerprint density at radius 3 is 2.81 bits per heavy atom. The van der Waals surface area contributed by atoms with Crippen LogP contribution in [0.1, 0.15) is 42.5 Å². The third-order valence-electron chi connectivity index (χ3n) is 5.54. The van der Waals surface area contributed by atoms with Crippen molar-refractivity contribution in [3.63, 3.8) is 0 Å². The Hall–Kier alpha value is -1.77. The minimum Gasteiger partial charge on any atom is -0.356 e. The molecule has 2 aliphatic rings. The highest BCUT2D eigenvalue weighted by Crippen LogP contribution is 2.35. The van der Waals surface area contributed by atoms with E-state index in [-0.39, 0.29) is 18.1 Å². The van der Waals surface area contributed by atoms with Crippen molar-refractivity contribution in [2.24, 2.45) is 5.92 Å². The molecule has 2 aromatic rings. The number of piperidine rings is 1. The number of hydroxylamine groups is 1. The van der Waals surface area contributed by atoms with Crippen LogP contribution in [0.3, 0.4) is 0 Å². The lowest BCUT2D eigenvalue weighted by molar-refractivity contribution is -0.202. The molecule has 146 valence electrons. The first-order valence-corrected chi connectivity index (χ1v) is 10.5. The van der Waals surface area contributed by atoms with Gasteiger partial charge in [-0.3, -0.25) is 4.79 Å². The van der Waals surface area contributed by atoms with Crippen LogP contribution in [0.2, 0.25) is 0 Å². The zero-order valence-corrected chi connectivity index (χ0v) is 16.7. The average Bonchev–Trinajstić information content (AvgIpc) is 3.01. The van der Waals surface area contributed by atoms with E-state index < -0.39 is 0 Å². The molecular formula is C19H26N4O3S. The van der Waals surface area contributed by atoms with Crippen LogP contribution in [-0.2, 0) is 14.4 Å². The van der Waals surface area contributed by atoms with E-state index in [9.17, 15) is 4.79 Å². The fraction of sp³-hybridized carbons (Fsp3) is 0.632. The van der Waals surface area contributed by atoms with Crippen molar-refractivity contribution in [1.82, 2.24) is 15.4 Å². The summed E-state index contributed by atoms with van der Waals surface area (Å²) in [6.45, 7) is 6.56. The molecule has 4 rings (SSSR count). The maximum absolute atomic E-state index is 12.4. The summed E-state index contributed by atoms with van der Waals surface area (Å²) >= 11 is 1.71. The molecule has 1 atom stereocenters. The van der Waals surface area contributed by atoms with E-state index in [1.54, 1.807) is 17.7 Å². The van der Waals surface area contributed by atoms with E-state index in [0.717, 1.165) is 61.2 Å². The Kier molecular flexibility index (Phi) is 5.56. The van der Waals surface area contributed by atoms with Gasteiger partial charge in [-0.2, -0.15) is 0 Å². The maximum Gasteiger partial charge on any atom is 0.246 e. The van der Waals surface area contributed by atoms with Crippen molar-refractivity contribution in [2.45, 2.75) is 52.2 Å². The number of anilines is 1. The highest BCUT2D eigenvalue weighted by molar-refractivity contribution is 7.18. The lowest BCUT2D eigenvalue weighted by Crippen LogP contribution is -2.42. The van der Waals surface area contributed by atoms with Crippen LogP contribution in [0.15, 0.2) is 6.33 Å². The Labute approximate surface area is 163 Å². The number of fused-ring (bicyclic) bond motifs is 1. The molecule has 27 heavy (non-hydrogen) atoms. The third kappa shape index (κ3) is 3.93. The highest BCUT2D eigenvalue weighted by atomic mass is 32.1. The fourth-order valence-electron chi connectivity index (χ4n) is 3.77. The van der Waals surface area contributed by atoms with Gasteiger partial charge in [0, 0.05) is 36.9 Å². The van der Waals surface area contributed by atoms with E-state index in [1.807, 2.05) is 0 Å². The summed E-state index contributed by atoms with van der Waals surface area (Å²) in [6.07, 6.45) is 5.88. The van der Waals surface area contributed by atoms with Gasteiger partial charge >= 0.3 is 0 Å². The molecule has 2 aliphatic heterocycles. The first-order chi connectivity index (χ1) is 13.1. The largest absolute Gasteiger partial charge is 0.356 e. The molecule has 2 aromatic heterocycles. The van der Waals surface area contributed by atoms with E-state index in [4.69, 9.17) is 9.57 Å². The number of nitrogens with one attached hydrogen (secondary N) is 1. The summed E-state index contributed by atoms with van der Waals surface area (Å²) in [6, 6.07) is 0. The molecule has 0 aromatic carbocycles. The molecule has 2 saturated heterocycles. The van der Waals surface area contributed by atoms with Crippen LogP contribution in [0.25, 0.3) is 10.2 Å². The first-order valence-electron chi connectivity index (χ1n) is 9.66. The second kappa shape index (κ2) is 8.08. The summed E-state index contributed by atoms with van der Waals surface area (Å²) in [7, 11) is 0. The normalized spacial score (nSPS) is 21.6. The molecule has 8 heteroatoms. The van der Waals surface area contributed by atoms with E-state index >= 15 is 0 Å². The Morgan fingerprint density at radius 2 is 2.07 bits per heavy atom. The SMILES string of the molecule is Cc1sc2ncnc(N3CCC(C(=O)NO[C@H]4CCCCO4)CC3)c2c1C. The number of amides is 1. The number of hydrogen-bond donors (Lipinski definition) is 1. The number of aromatic nitrogens is 2. The van der Waals surface area contributed by atoms with E-state index in [1.165, 1.54) is 10.4 Å². The van der Waals surface area contributed by atoms with Crippen molar-refractivity contribution in [3.05, 3.63) is 16.8 Å². The predicted molar refractivity (Wildman–Crippen MR) is 105 cm³/mol. The van der Waals surface area contributed by atoms with Gasteiger partial charge in [0.1, 0.15) is 17.0 Å². The van der Waals surface area contributed by atoms with Gasteiger partial charge in [-0.1, -0.05) is 0 Å². The minimum atomic E-state index is -0.304. The summed E-state index contributed by atoms with van der Waals surface area (Å²) < 4.78 is 5.49. The van der Waals surface area contributed by atoms with Gasteiger partial charge in [-0.25, -0.2) is 20.3 Å². The molecule has 0 aliphatic carbocycles. The molecule has 0 saturated carbocycles. The lowest BCUT2D eigenvalue weighted by atomic mass is 9.96. The van der Waals surface area contributed by atoms with Gasteiger partial charge in [0.05, 0.1) is 5.39 Å². The van der Waals surface area contributed by atoms with Gasteiger partial charge in [0.25, 0.3) is 0 Å².